The highest BCUT2D eigenvalue weighted by molar-refractivity contribution is 5.64. The zero-order chi connectivity index (χ0) is 17.0. The molecule has 0 atom stereocenters. The van der Waals surface area contributed by atoms with E-state index in [0.29, 0.717) is 11.4 Å². The lowest BCUT2D eigenvalue weighted by atomic mass is 10.3. The molecule has 2 N–H and O–H groups in total. The summed E-state index contributed by atoms with van der Waals surface area (Å²) in [6, 6.07) is 7.64. The molecule has 0 aliphatic rings. The molecular weight excluding hydrogens is 309 g/mol. The molecule has 0 spiro atoms. The number of nitrogens with one attached hydrogen (secondary N) is 2. The van der Waals surface area contributed by atoms with E-state index >= 15 is 0 Å². The first kappa shape index (κ1) is 16.9. The van der Waals surface area contributed by atoms with Gasteiger partial charge in [-0.3, -0.25) is 0 Å². The summed E-state index contributed by atoms with van der Waals surface area (Å²) >= 11 is 0. The molecule has 0 unspecified atom stereocenters. The van der Waals surface area contributed by atoms with Gasteiger partial charge in [0.1, 0.15) is 11.6 Å². The molecule has 8 heteroatoms. The number of halogens is 3. The van der Waals surface area contributed by atoms with E-state index < -0.39 is 11.9 Å². The minimum atomic E-state index is -4.56. The Balaban J connectivity index is 2.40. The van der Waals surface area contributed by atoms with Crippen LogP contribution in [0.5, 0.6) is 5.75 Å². The van der Waals surface area contributed by atoms with Gasteiger partial charge in [0.25, 0.3) is 0 Å². The molecule has 0 aliphatic heterocycles. The van der Waals surface area contributed by atoms with Gasteiger partial charge in [-0.2, -0.15) is 18.2 Å². The number of aromatic nitrogens is 2. The average Bonchev–Trinajstić information content (AvgIpc) is 2.46. The number of ether oxygens (including phenoxy) is 1. The second-order valence-corrected chi connectivity index (χ2v) is 5.08. The average molecular weight is 326 g/mol. The van der Waals surface area contributed by atoms with Gasteiger partial charge >= 0.3 is 6.18 Å². The fraction of sp³-hybridized carbons (Fsp3) is 0.333. The fourth-order valence-corrected chi connectivity index (χ4v) is 1.87. The highest BCUT2D eigenvalue weighted by Crippen LogP contribution is 2.32. The molecule has 0 fully saturated rings. The number of methoxy groups -OCH3 is 1. The van der Waals surface area contributed by atoms with Gasteiger partial charge in [-0.25, -0.2) is 4.98 Å². The third-order valence-corrected chi connectivity index (χ3v) is 2.80. The monoisotopic (exact) mass is 326 g/mol. The number of hydrogen-bond acceptors (Lipinski definition) is 5. The highest BCUT2D eigenvalue weighted by atomic mass is 19.4. The van der Waals surface area contributed by atoms with Crippen molar-refractivity contribution in [2.45, 2.75) is 26.1 Å². The number of anilines is 3. The van der Waals surface area contributed by atoms with Crippen LogP contribution in [0.3, 0.4) is 0 Å². The molecule has 1 aromatic carbocycles. The largest absolute Gasteiger partial charge is 0.495 e. The standard InChI is InChI=1S/C15H17F3N4O/c1-9(2)19-14-21-12(15(16,17)18)8-13(22-14)20-10-6-4-5-7-11(10)23-3/h4-9H,1-3H3,(H2,19,20,21,22). The summed E-state index contributed by atoms with van der Waals surface area (Å²) in [5, 5.41) is 5.61. The highest BCUT2D eigenvalue weighted by Gasteiger charge is 2.33. The summed E-state index contributed by atoms with van der Waals surface area (Å²) < 4.78 is 44.2. The van der Waals surface area contributed by atoms with Crippen LogP contribution in [-0.2, 0) is 6.18 Å². The Morgan fingerprint density at radius 2 is 1.83 bits per heavy atom. The maximum absolute atomic E-state index is 13.0. The molecule has 1 heterocycles. The van der Waals surface area contributed by atoms with Gasteiger partial charge in [-0.15, -0.1) is 0 Å². The van der Waals surface area contributed by atoms with Crippen molar-refractivity contribution in [1.82, 2.24) is 9.97 Å². The van der Waals surface area contributed by atoms with Crippen LogP contribution in [0.4, 0.5) is 30.6 Å². The Morgan fingerprint density at radius 3 is 2.43 bits per heavy atom. The first-order chi connectivity index (χ1) is 10.8. The van der Waals surface area contributed by atoms with Gasteiger partial charge in [0.15, 0.2) is 5.69 Å². The minimum absolute atomic E-state index is 0.0278. The van der Waals surface area contributed by atoms with E-state index in [4.69, 9.17) is 4.74 Å². The van der Waals surface area contributed by atoms with E-state index in [2.05, 4.69) is 20.6 Å². The predicted octanol–water partition coefficient (Wildman–Crippen LogP) is 4.07. The van der Waals surface area contributed by atoms with Gasteiger partial charge in [0, 0.05) is 12.1 Å². The molecule has 0 saturated carbocycles. The lowest BCUT2D eigenvalue weighted by molar-refractivity contribution is -0.141. The summed E-state index contributed by atoms with van der Waals surface area (Å²) in [4.78, 5) is 7.58. The van der Waals surface area contributed by atoms with Gasteiger partial charge < -0.3 is 15.4 Å². The summed E-state index contributed by atoms with van der Waals surface area (Å²) in [6.45, 7) is 3.58. The summed E-state index contributed by atoms with van der Waals surface area (Å²) in [5.41, 5.74) is -0.509. The fourth-order valence-electron chi connectivity index (χ4n) is 1.87. The van der Waals surface area contributed by atoms with E-state index in [1.54, 1.807) is 38.1 Å². The normalized spacial score (nSPS) is 11.4. The van der Waals surface area contributed by atoms with Crippen molar-refractivity contribution < 1.29 is 17.9 Å². The van der Waals surface area contributed by atoms with E-state index in [1.807, 2.05) is 0 Å². The number of nitrogens with zero attached hydrogens (tertiary/aromatic N) is 2. The van der Waals surface area contributed by atoms with Crippen LogP contribution in [0.15, 0.2) is 30.3 Å². The topological polar surface area (TPSA) is 59.1 Å². The molecule has 2 rings (SSSR count). The van der Waals surface area contributed by atoms with Crippen molar-refractivity contribution in [2.75, 3.05) is 17.7 Å². The molecule has 5 nitrogen and oxygen atoms in total. The Hall–Kier alpha value is -2.51. The third-order valence-electron chi connectivity index (χ3n) is 2.80. The summed E-state index contributed by atoms with van der Waals surface area (Å²) in [6.07, 6.45) is -4.56. The first-order valence-corrected chi connectivity index (χ1v) is 6.92. The molecule has 0 aliphatic carbocycles. The van der Waals surface area contributed by atoms with E-state index in [-0.39, 0.29) is 17.8 Å². The predicted molar refractivity (Wildman–Crippen MR) is 82.1 cm³/mol. The number of alkyl halides is 3. The summed E-state index contributed by atoms with van der Waals surface area (Å²) in [5.74, 6) is 0.435. The quantitative estimate of drug-likeness (QED) is 0.867. The van der Waals surface area contributed by atoms with Gasteiger partial charge in [0.2, 0.25) is 5.95 Å². The number of para-hydroxylation sites is 2. The van der Waals surface area contributed by atoms with E-state index in [0.717, 1.165) is 6.07 Å². The smallest absolute Gasteiger partial charge is 0.433 e. The van der Waals surface area contributed by atoms with Gasteiger partial charge in [0.05, 0.1) is 12.8 Å². The molecular formula is C15H17F3N4O. The van der Waals surface area contributed by atoms with E-state index in [9.17, 15) is 13.2 Å². The number of rotatable bonds is 5. The molecule has 0 bridgehead atoms. The van der Waals surface area contributed by atoms with E-state index in [1.165, 1.54) is 7.11 Å². The Morgan fingerprint density at radius 1 is 1.13 bits per heavy atom. The van der Waals surface area contributed by atoms with Crippen molar-refractivity contribution in [1.29, 1.82) is 0 Å². The number of benzene rings is 1. The summed E-state index contributed by atoms with van der Waals surface area (Å²) in [7, 11) is 1.48. The van der Waals surface area contributed by atoms with Crippen molar-refractivity contribution in [3.05, 3.63) is 36.0 Å². The van der Waals surface area contributed by atoms with Crippen LogP contribution < -0.4 is 15.4 Å². The minimum Gasteiger partial charge on any atom is -0.495 e. The molecule has 2 aromatic rings. The van der Waals surface area contributed by atoms with Crippen molar-refractivity contribution in [3.8, 4) is 5.75 Å². The Bertz CT molecular complexity index is 674. The molecule has 0 radical (unpaired) electrons. The van der Waals surface area contributed by atoms with Crippen LogP contribution in [0, 0.1) is 0 Å². The van der Waals surface area contributed by atoms with Gasteiger partial charge in [-0.1, -0.05) is 12.1 Å². The van der Waals surface area contributed by atoms with Crippen molar-refractivity contribution >= 4 is 17.5 Å². The lowest BCUT2D eigenvalue weighted by Gasteiger charge is -2.15. The zero-order valence-corrected chi connectivity index (χ0v) is 12.9. The Labute approximate surface area is 131 Å². The SMILES string of the molecule is COc1ccccc1Nc1cc(C(F)(F)F)nc(NC(C)C)n1. The van der Waals surface area contributed by atoms with Crippen molar-refractivity contribution in [2.24, 2.45) is 0 Å². The molecule has 0 amide bonds. The molecule has 0 saturated heterocycles. The molecule has 23 heavy (non-hydrogen) atoms. The van der Waals surface area contributed by atoms with Gasteiger partial charge in [-0.05, 0) is 26.0 Å². The Kier molecular flexibility index (Phi) is 4.92. The molecule has 1 aromatic heterocycles. The lowest BCUT2D eigenvalue weighted by Crippen LogP contribution is -2.17. The van der Waals surface area contributed by atoms with Crippen LogP contribution in [-0.4, -0.2) is 23.1 Å². The van der Waals surface area contributed by atoms with Crippen LogP contribution in [0.2, 0.25) is 0 Å². The first-order valence-electron chi connectivity index (χ1n) is 6.92. The second kappa shape index (κ2) is 6.72. The second-order valence-electron chi connectivity index (χ2n) is 5.08. The molecule has 124 valence electrons. The van der Waals surface area contributed by atoms with Crippen LogP contribution in [0.1, 0.15) is 19.5 Å². The zero-order valence-electron chi connectivity index (χ0n) is 12.9. The third kappa shape index (κ3) is 4.48. The van der Waals surface area contributed by atoms with Crippen LogP contribution in [0.25, 0.3) is 0 Å². The van der Waals surface area contributed by atoms with Crippen LogP contribution >= 0.6 is 0 Å². The maximum atomic E-state index is 13.0. The van der Waals surface area contributed by atoms with Crippen molar-refractivity contribution in [3.63, 3.8) is 0 Å². The maximum Gasteiger partial charge on any atom is 0.433 e. The number of hydrogen-bond donors (Lipinski definition) is 2.